The molecule has 2 N–H and O–H groups in total. The van der Waals surface area contributed by atoms with E-state index in [0.717, 1.165) is 61.1 Å². The van der Waals surface area contributed by atoms with Crippen molar-refractivity contribution in [2.24, 2.45) is 10.8 Å². The molecule has 1 fully saturated rings. The van der Waals surface area contributed by atoms with E-state index in [4.69, 9.17) is 4.98 Å². The third-order valence-corrected chi connectivity index (χ3v) is 10.7. The van der Waals surface area contributed by atoms with E-state index in [2.05, 4.69) is 68.5 Å². The Morgan fingerprint density at radius 3 is 2.57 bits per heavy atom. The lowest BCUT2D eigenvalue weighted by Gasteiger charge is -2.30. The van der Waals surface area contributed by atoms with Crippen molar-refractivity contribution in [3.8, 4) is 0 Å². The molecule has 1 heterocycles. The van der Waals surface area contributed by atoms with Crippen LogP contribution in [0.25, 0.3) is 12.2 Å². The van der Waals surface area contributed by atoms with E-state index in [-0.39, 0.29) is 17.1 Å². The molecule has 0 aliphatic heterocycles. The normalized spacial score (nSPS) is 18.0. The first-order valence-corrected chi connectivity index (χ1v) is 16.4. The van der Waals surface area contributed by atoms with E-state index in [1.165, 1.54) is 28.8 Å². The van der Waals surface area contributed by atoms with Crippen LogP contribution in [0.2, 0.25) is 0 Å². The molecular formula is C37H45NO3S. The third kappa shape index (κ3) is 7.93. The zero-order chi connectivity index (χ0) is 30.0. The van der Waals surface area contributed by atoms with Gasteiger partial charge in [-0.3, -0.25) is 9.78 Å². The summed E-state index contributed by atoms with van der Waals surface area (Å²) in [5.41, 5.74) is 7.49. The second kappa shape index (κ2) is 12.4. The number of thioether (sulfide) groups is 1. The highest BCUT2D eigenvalue weighted by Crippen LogP contribution is 2.53. The van der Waals surface area contributed by atoms with E-state index in [1.807, 2.05) is 43.8 Å². The lowest BCUT2D eigenvalue weighted by Crippen LogP contribution is -2.23. The van der Waals surface area contributed by atoms with Crippen LogP contribution in [0.4, 0.5) is 0 Å². The maximum Gasteiger partial charge on any atom is 0.303 e. The largest absolute Gasteiger partial charge is 0.481 e. The summed E-state index contributed by atoms with van der Waals surface area (Å²) < 4.78 is 0. The number of aliphatic carboxylic acids is 1. The van der Waals surface area contributed by atoms with Gasteiger partial charge in [0.1, 0.15) is 0 Å². The van der Waals surface area contributed by atoms with Gasteiger partial charge in [-0.2, -0.15) is 11.8 Å². The quantitative estimate of drug-likeness (QED) is 0.223. The van der Waals surface area contributed by atoms with Gasteiger partial charge in [0.15, 0.2) is 0 Å². The monoisotopic (exact) mass is 583 g/mol. The molecular weight excluding hydrogens is 538 g/mol. The Hall–Kier alpha value is -2.89. The van der Waals surface area contributed by atoms with Crippen LogP contribution in [0.15, 0.2) is 60.7 Å². The molecule has 0 unspecified atom stereocenters. The van der Waals surface area contributed by atoms with Gasteiger partial charge in [0, 0.05) is 16.7 Å². The number of fused-ring (bicyclic) bond motifs is 1. The van der Waals surface area contributed by atoms with E-state index >= 15 is 0 Å². The summed E-state index contributed by atoms with van der Waals surface area (Å²) in [6.07, 6.45) is 11.6. The summed E-state index contributed by atoms with van der Waals surface area (Å²) in [6, 6.07) is 21.3. The molecule has 0 amide bonds. The summed E-state index contributed by atoms with van der Waals surface area (Å²) in [5, 5.41) is 20.5. The summed E-state index contributed by atoms with van der Waals surface area (Å²) in [5.74, 6) is 0.155. The van der Waals surface area contributed by atoms with E-state index in [9.17, 15) is 15.0 Å². The van der Waals surface area contributed by atoms with Crippen LogP contribution < -0.4 is 0 Å². The average Bonchev–Trinajstić information content (AvgIpc) is 3.69. The number of rotatable bonds is 12. The number of aromatic nitrogens is 1. The van der Waals surface area contributed by atoms with Crippen molar-refractivity contribution in [1.82, 2.24) is 4.98 Å². The Balaban J connectivity index is 1.35. The molecule has 2 aliphatic carbocycles. The van der Waals surface area contributed by atoms with Gasteiger partial charge in [-0.05, 0) is 110 Å². The Kier molecular flexibility index (Phi) is 9.01. The molecule has 0 bridgehead atoms. The zero-order valence-electron chi connectivity index (χ0n) is 25.5. The molecule has 0 saturated heterocycles. The summed E-state index contributed by atoms with van der Waals surface area (Å²) in [7, 11) is 0. The molecule has 222 valence electrons. The predicted molar refractivity (Wildman–Crippen MR) is 175 cm³/mol. The van der Waals surface area contributed by atoms with Gasteiger partial charge in [0.25, 0.3) is 0 Å². The van der Waals surface area contributed by atoms with Gasteiger partial charge in [0.2, 0.25) is 0 Å². The number of carboxylic acids is 1. The minimum Gasteiger partial charge on any atom is -0.481 e. The van der Waals surface area contributed by atoms with Gasteiger partial charge in [-0.25, -0.2) is 0 Å². The average molecular weight is 584 g/mol. The number of nitrogens with zero attached hydrogens (tertiary/aromatic N) is 1. The van der Waals surface area contributed by atoms with Gasteiger partial charge >= 0.3 is 5.97 Å². The Labute approximate surface area is 255 Å². The number of hydrogen-bond donors (Lipinski definition) is 2. The number of pyridine rings is 1. The highest BCUT2D eigenvalue weighted by atomic mass is 32.2. The van der Waals surface area contributed by atoms with E-state index in [0.29, 0.717) is 5.41 Å². The number of carbonyl (C=O) groups is 1. The van der Waals surface area contributed by atoms with Gasteiger partial charge in [-0.1, -0.05) is 74.5 Å². The predicted octanol–water partition coefficient (Wildman–Crippen LogP) is 8.66. The molecule has 1 saturated carbocycles. The van der Waals surface area contributed by atoms with Crippen LogP contribution in [0, 0.1) is 10.8 Å². The number of aryl methyl sites for hydroxylation is 2. The molecule has 1 aromatic heterocycles. The molecule has 2 aromatic carbocycles. The first-order chi connectivity index (χ1) is 19.9. The molecule has 42 heavy (non-hydrogen) atoms. The van der Waals surface area contributed by atoms with Crippen molar-refractivity contribution in [3.05, 3.63) is 99.9 Å². The van der Waals surface area contributed by atoms with Gasteiger partial charge < -0.3 is 10.2 Å². The van der Waals surface area contributed by atoms with Crippen LogP contribution in [0.3, 0.4) is 0 Å². The first-order valence-electron chi connectivity index (χ1n) is 15.3. The Morgan fingerprint density at radius 2 is 1.83 bits per heavy atom. The highest BCUT2D eigenvalue weighted by Gasteiger charge is 2.44. The molecule has 5 rings (SSSR count). The van der Waals surface area contributed by atoms with Crippen molar-refractivity contribution in [2.75, 3.05) is 5.75 Å². The van der Waals surface area contributed by atoms with Crippen LogP contribution >= 0.6 is 11.8 Å². The smallest absolute Gasteiger partial charge is 0.303 e. The van der Waals surface area contributed by atoms with Gasteiger partial charge in [0.05, 0.1) is 17.7 Å². The third-order valence-electron chi connectivity index (χ3n) is 8.96. The van der Waals surface area contributed by atoms with Gasteiger partial charge in [-0.15, -0.1) is 0 Å². The lowest BCUT2D eigenvalue weighted by molar-refractivity contribution is -0.138. The van der Waals surface area contributed by atoms with Crippen molar-refractivity contribution >= 4 is 29.9 Å². The van der Waals surface area contributed by atoms with Crippen LogP contribution in [0.1, 0.15) is 104 Å². The van der Waals surface area contributed by atoms with Crippen molar-refractivity contribution in [1.29, 1.82) is 0 Å². The SMILES string of the molecule is CC1(C)CCc2ccc(/C=C/c3cccc([C@@H](CCc4ccccc4C(C)(C)O)SCC4(CC(=O)O)CC4)c3)nc2C1. The highest BCUT2D eigenvalue weighted by molar-refractivity contribution is 7.99. The van der Waals surface area contributed by atoms with Crippen LogP contribution in [-0.4, -0.2) is 26.9 Å². The summed E-state index contributed by atoms with van der Waals surface area (Å²) >= 11 is 1.89. The summed E-state index contributed by atoms with van der Waals surface area (Å²) in [6.45, 7) is 8.34. The Morgan fingerprint density at radius 1 is 1.05 bits per heavy atom. The zero-order valence-corrected chi connectivity index (χ0v) is 26.3. The molecule has 0 spiro atoms. The van der Waals surface area contributed by atoms with E-state index in [1.54, 1.807) is 0 Å². The molecule has 3 aromatic rings. The fraction of sp³-hybridized carbons (Fsp3) is 0.459. The lowest BCUT2D eigenvalue weighted by atomic mass is 9.76. The second-order valence-corrected chi connectivity index (χ2v) is 15.0. The number of carboxylic acid groups (broad SMARTS) is 1. The maximum atomic E-state index is 11.5. The minimum atomic E-state index is -0.899. The molecule has 2 aliphatic rings. The minimum absolute atomic E-state index is 0.0655. The number of hydrogen-bond acceptors (Lipinski definition) is 4. The molecule has 5 heteroatoms. The topological polar surface area (TPSA) is 70.4 Å². The number of benzene rings is 2. The maximum absolute atomic E-state index is 11.5. The van der Waals surface area contributed by atoms with Crippen LogP contribution in [0.5, 0.6) is 0 Å². The molecule has 1 atom stereocenters. The molecule has 4 nitrogen and oxygen atoms in total. The fourth-order valence-electron chi connectivity index (χ4n) is 6.19. The van der Waals surface area contributed by atoms with Crippen LogP contribution in [-0.2, 0) is 29.7 Å². The van der Waals surface area contributed by atoms with E-state index < -0.39 is 11.6 Å². The van der Waals surface area contributed by atoms with Crippen molar-refractivity contribution in [3.63, 3.8) is 0 Å². The fourth-order valence-corrected chi connectivity index (χ4v) is 7.76. The summed E-state index contributed by atoms with van der Waals surface area (Å²) in [4.78, 5) is 16.5. The number of aliphatic hydroxyl groups is 1. The first kappa shape index (κ1) is 30.6. The molecule has 0 radical (unpaired) electrons. The standard InChI is InChI=1S/C37H45NO3S/c1-35(2)19-18-28-13-16-30(38-32(28)23-35)15-12-26-8-7-10-29(22-26)33(42-25-37(20-21-37)24-34(39)40)17-14-27-9-5-6-11-31(27)36(3,4)41/h5-13,15-16,22,33,41H,14,17-21,23-25H2,1-4H3,(H,39,40)/b15-12+/t33-/m1/s1. The van der Waals surface area contributed by atoms with Crippen molar-refractivity contribution in [2.45, 2.75) is 89.9 Å². The second-order valence-electron chi connectivity index (χ2n) is 13.8. The Bertz CT molecular complexity index is 1450. The van der Waals surface area contributed by atoms with Crippen molar-refractivity contribution < 1.29 is 15.0 Å².